The summed E-state index contributed by atoms with van der Waals surface area (Å²) in [6.45, 7) is 0. The summed E-state index contributed by atoms with van der Waals surface area (Å²) in [6.07, 6.45) is 3.97. The van der Waals surface area contributed by atoms with Crippen LogP contribution in [0.4, 0.5) is 0 Å². The Morgan fingerprint density at radius 1 is 0.789 bits per heavy atom. The molecule has 0 heterocycles. The zero-order valence-corrected chi connectivity index (χ0v) is 9.95. The van der Waals surface area contributed by atoms with Gasteiger partial charge in [-0.1, -0.05) is 18.2 Å². The van der Waals surface area contributed by atoms with Gasteiger partial charge in [-0.2, -0.15) is 0 Å². The predicted octanol–water partition coefficient (Wildman–Crippen LogP) is 2.79. The highest BCUT2D eigenvalue weighted by Crippen LogP contribution is 2.23. The first-order valence-electron chi connectivity index (χ1n) is 5.58. The van der Waals surface area contributed by atoms with E-state index in [-0.39, 0.29) is 22.8 Å². The predicted molar refractivity (Wildman–Crippen MR) is 72.2 cm³/mol. The molecule has 0 aromatic heterocycles. The Kier molecular flexibility index (Phi) is 3.52. The van der Waals surface area contributed by atoms with E-state index in [2.05, 4.69) is 0 Å². The number of hydrogen-bond acceptors (Lipinski definition) is 4. The lowest BCUT2D eigenvalue weighted by atomic mass is 10.1. The van der Waals surface area contributed by atoms with E-state index in [9.17, 15) is 20.1 Å². The van der Waals surface area contributed by atoms with Crippen molar-refractivity contribution >= 4 is 18.4 Å². The van der Waals surface area contributed by atoms with Crippen LogP contribution in [0.2, 0.25) is 0 Å². The summed E-state index contributed by atoms with van der Waals surface area (Å²) in [5.41, 5.74) is 1.56. The zero-order valence-electron chi connectivity index (χ0n) is 9.95. The van der Waals surface area contributed by atoms with Crippen LogP contribution in [0.3, 0.4) is 0 Å². The van der Waals surface area contributed by atoms with Crippen LogP contribution >= 0.6 is 0 Å². The number of benzene rings is 2. The van der Waals surface area contributed by atoms with Crippen molar-refractivity contribution in [1.82, 2.24) is 0 Å². The van der Waals surface area contributed by atoms with Crippen molar-refractivity contribution in [2.75, 3.05) is 0 Å². The highest BCUT2D eigenvalue weighted by Gasteiger charge is 2.00. The van der Waals surface area contributed by atoms with Gasteiger partial charge in [-0.15, -0.1) is 0 Å². The van der Waals surface area contributed by atoms with Crippen LogP contribution in [-0.4, -0.2) is 21.6 Å². The Hall–Kier alpha value is -2.75. The van der Waals surface area contributed by atoms with E-state index in [1.807, 2.05) is 0 Å². The van der Waals surface area contributed by atoms with Gasteiger partial charge in [0.05, 0.1) is 5.56 Å². The molecular weight excluding hydrogens is 244 g/mol. The molecule has 0 aliphatic carbocycles. The van der Waals surface area contributed by atoms with Gasteiger partial charge in [0.2, 0.25) is 0 Å². The van der Waals surface area contributed by atoms with Crippen LogP contribution < -0.4 is 0 Å². The van der Waals surface area contributed by atoms with Gasteiger partial charge >= 0.3 is 0 Å². The molecule has 0 atom stereocenters. The maximum Gasteiger partial charge on any atom is 0.153 e. The molecule has 19 heavy (non-hydrogen) atoms. The van der Waals surface area contributed by atoms with Gasteiger partial charge in [0.25, 0.3) is 0 Å². The largest absolute Gasteiger partial charge is 0.508 e. The SMILES string of the molecule is O=Cc1cc(C=Cc2cc(O)cc(O)c2)ccc1O. The Balaban J connectivity index is 2.29. The van der Waals surface area contributed by atoms with E-state index in [1.165, 1.54) is 24.3 Å². The van der Waals surface area contributed by atoms with Gasteiger partial charge in [-0.25, -0.2) is 0 Å². The molecule has 0 unspecified atom stereocenters. The molecule has 0 saturated carbocycles. The number of aldehydes is 1. The second kappa shape index (κ2) is 5.27. The lowest BCUT2D eigenvalue weighted by Crippen LogP contribution is -1.82. The van der Waals surface area contributed by atoms with Crippen molar-refractivity contribution < 1.29 is 20.1 Å². The fraction of sp³-hybridized carbons (Fsp3) is 0. The van der Waals surface area contributed by atoms with Gasteiger partial charge < -0.3 is 15.3 Å². The van der Waals surface area contributed by atoms with Gasteiger partial charge in [0, 0.05) is 6.07 Å². The van der Waals surface area contributed by atoms with Crippen molar-refractivity contribution in [1.29, 1.82) is 0 Å². The maximum atomic E-state index is 10.7. The third kappa shape index (κ3) is 3.13. The summed E-state index contributed by atoms with van der Waals surface area (Å²) in [7, 11) is 0. The summed E-state index contributed by atoms with van der Waals surface area (Å²) in [5, 5.41) is 28.0. The molecule has 96 valence electrons. The third-order valence-corrected chi connectivity index (χ3v) is 2.57. The van der Waals surface area contributed by atoms with Crippen molar-refractivity contribution in [2.45, 2.75) is 0 Å². The lowest BCUT2D eigenvalue weighted by Gasteiger charge is -2.00. The van der Waals surface area contributed by atoms with Crippen molar-refractivity contribution in [2.24, 2.45) is 0 Å². The molecule has 2 rings (SSSR count). The Morgan fingerprint density at radius 3 is 2.05 bits per heavy atom. The molecule has 2 aromatic rings. The Bertz CT molecular complexity index is 624. The van der Waals surface area contributed by atoms with Gasteiger partial charge in [-0.3, -0.25) is 4.79 Å². The summed E-state index contributed by atoms with van der Waals surface area (Å²) in [6, 6.07) is 8.86. The number of hydrogen-bond donors (Lipinski definition) is 3. The molecule has 0 aliphatic heterocycles. The van der Waals surface area contributed by atoms with Crippen LogP contribution in [0, 0.1) is 0 Å². The second-order valence-corrected chi connectivity index (χ2v) is 4.05. The van der Waals surface area contributed by atoms with Crippen molar-refractivity contribution in [3.63, 3.8) is 0 Å². The Labute approximate surface area is 109 Å². The Morgan fingerprint density at radius 2 is 1.42 bits per heavy atom. The van der Waals surface area contributed by atoms with Gasteiger partial charge in [-0.05, 0) is 35.4 Å². The number of phenols is 3. The van der Waals surface area contributed by atoms with Crippen LogP contribution in [0.25, 0.3) is 12.2 Å². The molecule has 0 amide bonds. The van der Waals surface area contributed by atoms with E-state index in [0.717, 1.165) is 5.56 Å². The van der Waals surface area contributed by atoms with E-state index >= 15 is 0 Å². The monoisotopic (exact) mass is 256 g/mol. The number of carbonyl (C=O) groups is 1. The van der Waals surface area contributed by atoms with Crippen molar-refractivity contribution in [3.8, 4) is 17.2 Å². The molecular formula is C15H12O4. The standard InChI is InChI=1S/C15H12O4/c16-9-12-5-10(3-4-15(12)19)1-2-11-6-13(17)8-14(18)7-11/h1-9,17-19H. The first kappa shape index (κ1) is 12.7. The number of rotatable bonds is 3. The third-order valence-electron chi connectivity index (χ3n) is 2.57. The minimum Gasteiger partial charge on any atom is -0.508 e. The fourth-order valence-corrected chi connectivity index (χ4v) is 1.68. The lowest BCUT2D eigenvalue weighted by molar-refractivity contribution is 0.112. The van der Waals surface area contributed by atoms with Crippen molar-refractivity contribution in [3.05, 3.63) is 53.1 Å². The number of carbonyl (C=O) groups excluding carboxylic acids is 1. The summed E-state index contributed by atoms with van der Waals surface area (Å²) in [4.78, 5) is 10.7. The highest BCUT2D eigenvalue weighted by atomic mass is 16.3. The van der Waals surface area contributed by atoms with Crippen LogP contribution in [0.1, 0.15) is 21.5 Å². The normalized spacial score (nSPS) is 10.7. The molecule has 2 aromatic carbocycles. The maximum absolute atomic E-state index is 10.7. The number of aromatic hydroxyl groups is 3. The summed E-state index contributed by atoms with van der Waals surface area (Å²) < 4.78 is 0. The molecule has 0 saturated heterocycles. The first-order chi connectivity index (χ1) is 9.08. The molecule has 0 spiro atoms. The topological polar surface area (TPSA) is 77.8 Å². The van der Waals surface area contributed by atoms with E-state index in [1.54, 1.807) is 24.3 Å². The highest BCUT2D eigenvalue weighted by molar-refractivity contribution is 5.82. The van der Waals surface area contributed by atoms with E-state index in [0.29, 0.717) is 11.8 Å². The first-order valence-corrected chi connectivity index (χ1v) is 5.58. The van der Waals surface area contributed by atoms with Crippen LogP contribution in [0.5, 0.6) is 17.2 Å². The molecule has 3 N–H and O–H groups in total. The summed E-state index contributed by atoms with van der Waals surface area (Å²) >= 11 is 0. The summed E-state index contributed by atoms with van der Waals surface area (Å²) in [5.74, 6) is -0.125. The average molecular weight is 256 g/mol. The quantitative estimate of drug-likeness (QED) is 0.583. The van der Waals surface area contributed by atoms with Crippen LogP contribution in [0.15, 0.2) is 36.4 Å². The van der Waals surface area contributed by atoms with E-state index < -0.39 is 0 Å². The molecule has 0 aliphatic rings. The fourth-order valence-electron chi connectivity index (χ4n) is 1.68. The van der Waals surface area contributed by atoms with Crippen LogP contribution in [-0.2, 0) is 0 Å². The number of phenolic OH excluding ortho intramolecular Hbond substituents is 3. The molecule has 4 nitrogen and oxygen atoms in total. The molecule has 0 bridgehead atoms. The second-order valence-electron chi connectivity index (χ2n) is 4.05. The van der Waals surface area contributed by atoms with Gasteiger partial charge in [0.1, 0.15) is 17.2 Å². The minimum absolute atomic E-state index is 0.0288. The zero-order chi connectivity index (χ0) is 13.8. The minimum atomic E-state index is -0.0675. The van der Waals surface area contributed by atoms with Gasteiger partial charge in [0.15, 0.2) is 6.29 Å². The molecule has 0 radical (unpaired) electrons. The average Bonchev–Trinajstić information content (AvgIpc) is 2.36. The smallest absolute Gasteiger partial charge is 0.153 e. The molecule has 4 heteroatoms. The molecule has 0 fully saturated rings. The van der Waals surface area contributed by atoms with E-state index in [4.69, 9.17) is 0 Å².